The Morgan fingerprint density at radius 3 is 2.57 bits per heavy atom. The molecule has 120 valence electrons. The molecule has 0 spiro atoms. The largest absolute Gasteiger partial charge is 0.497 e. The van der Waals surface area contributed by atoms with Gasteiger partial charge in [0.15, 0.2) is 5.13 Å². The van der Waals surface area contributed by atoms with E-state index in [1.807, 2.05) is 24.3 Å². The van der Waals surface area contributed by atoms with Gasteiger partial charge < -0.3 is 9.47 Å². The number of nitrogens with one attached hydrogen (secondary N) is 1. The number of hydrogen-bond donors (Lipinski definition) is 1. The Morgan fingerprint density at radius 1 is 1.09 bits per heavy atom. The molecule has 0 unspecified atom stereocenters. The smallest absolute Gasteiger partial charge is 0.267 e. The monoisotopic (exact) mass is 350 g/mol. The van der Waals surface area contributed by atoms with Gasteiger partial charge in [-0.2, -0.15) is 0 Å². The summed E-state index contributed by atoms with van der Waals surface area (Å²) in [6.45, 7) is 0. The molecule has 1 heterocycles. The van der Waals surface area contributed by atoms with Crippen LogP contribution in [0.1, 0.15) is 0 Å². The lowest BCUT2D eigenvalue weighted by Gasteiger charge is -2.11. The van der Waals surface area contributed by atoms with E-state index in [9.17, 15) is 8.42 Å². The van der Waals surface area contributed by atoms with Crippen LogP contribution in [0.25, 0.3) is 10.2 Å². The second-order valence-corrected chi connectivity index (χ2v) is 7.29. The lowest BCUT2D eigenvalue weighted by molar-refractivity contribution is 0.392. The first-order valence-corrected chi connectivity index (χ1v) is 8.94. The number of ether oxygens (including phenoxy) is 2. The van der Waals surface area contributed by atoms with Crippen molar-refractivity contribution in [1.29, 1.82) is 0 Å². The van der Waals surface area contributed by atoms with Gasteiger partial charge in [0.2, 0.25) is 0 Å². The van der Waals surface area contributed by atoms with Gasteiger partial charge in [0.05, 0.1) is 24.4 Å². The van der Waals surface area contributed by atoms with Crippen LogP contribution in [0, 0.1) is 0 Å². The molecule has 23 heavy (non-hydrogen) atoms. The Balaban J connectivity index is 2.01. The number of para-hydroxylation sites is 1. The fourth-order valence-corrected chi connectivity index (χ4v) is 4.37. The SMILES string of the molecule is COc1ccc(OC)c(S(=O)(=O)Nc2nc3ccccc3s2)c1. The van der Waals surface area contributed by atoms with Crippen molar-refractivity contribution in [3.8, 4) is 11.5 Å². The Kier molecular flexibility index (Phi) is 4.10. The number of thiazole rings is 1. The van der Waals surface area contributed by atoms with Crippen molar-refractivity contribution in [1.82, 2.24) is 4.98 Å². The Hall–Kier alpha value is -2.32. The lowest BCUT2D eigenvalue weighted by atomic mass is 10.3. The highest BCUT2D eigenvalue weighted by Gasteiger charge is 2.22. The molecule has 0 bridgehead atoms. The summed E-state index contributed by atoms with van der Waals surface area (Å²) in [5.41, 5.74) is 0.743. The Labute approximate surface area is 137 Å². The molecule has 8 heteroatoms. The number of sulfonamides is 1. The number of hydrogen-bond acceptors (Lipinski definition) is 6. The maximum absolute atomic E-state index is 12.6. The van der Waals surface area contributed by atoms with Crippen molar-refractivity contribution < 1.29 is 17.9 Å². The molecule has 0 fully saturated rings. The summed E-state index contributed by atoms with van der Waals surface area (Å²) in [6, 6.07) is 12.0. The van der Waals surface area contributed by atoms with Crippen molar-refractivity contribution in [2.45, 2.75) is 4.90 Å². The molecule has 0 aliphatic rings. The van der Waals surface area contributed by atoms with Crippen molar-refractivity contribution >= 4 is 36.7 Å². The molecule has 0 atom stereocenters. The molecule has 0 aliphatic heterocycles. The summed E-state index contributed by atoms with van der Waals surface area (Å²) in [7, 11) is -0.957. The van der Waals surface area contributed by atoms with E-state index in [2.05, 4.69) is 9.71 Å². The molecular formula is C15H14N2O4S2. The topological polar surface area (TPSA) is 77.5 Å². The number of anilines is 1. The van der Waals surface area contributed by atoms with E-state index in [0.29, 0.717) is 10.9 Å². The quantitative estimate of drug-likeness (QED) is 0.765. The van der Waals surface area contributed by atoms with Crippen LogP contribution in [0.5, 0.6) is 11.5 Å². The second-order valence-electron chi connectivity index (χ2n) is 4.61. The van der Waals surface area contributed by atoms with Crippen LogP contribution >= 0.6 is 11.3 Å². The van der Waals surface area contributed by atoms with Crippen molar-refractivity contribution in [3.63, 3.8) is 0 Å². The summed E-state index contributed by atoms with van der Waals surface area (Å²) in [5, 5.41) is 0.302. The molecule has 6 nitrogen and oxygen atoms in total. The summed E-state index contributed by atoms with van der Waals surface area (Å²) in [4.78, 5) is 4.28. The Bertz CT molecular complexity index is 918. The summed E-state index contributed by atoms with van der Waals surface area (Å²) in [6.07, 6.45) is 0. The van der Waals surface area contributed by atoms with Crippen molar-refractivity contribution in [3.05, 3.63) is 42.5 Å². The summed E-state index contributed by atoms with van der Waals surface area (Å²) < 4.78 is 38.9. The predicted octanol–water partition coefficient (Wildman–Crippen LogP) is 3.11. The first-order chi connectivity index (χ1) is 11.0. The maximum atomic E-state index is 12.6. The third kappa shape index (κ3) is 3.08. The predicted molar refractivity (Wildman–Crippen MR) is 90.0 cm³/mol. The number of methoxy groups -OCH3 is 2. The molecule has 1 aromatic heterocycles. The maximum Gasteiger partial charge on any atom is 0.267 e. The van der Waals surface area contributed by atoms with Crippen molar-refractivity contribution in [2.75, 3.05) is 18.9 Å². The van der Waals surface area contributed by atoms with Gasteiger partial charge in [-0.1, -0.05) is 23.5 Å². The van der Waals surface area contributed by atoms with Crippen LogP contribution in [0.2, 0.25) is 0 Å². The molecule has 3 aromatic rings. The molecule has 0 radical (unpaired) electrons. The van der Waals surface area contributed by atoms with Gasteiger partial charge in [0, 0.05) is 6.07 Å². The number of benzene rings is 2. The van der Waals surface area contributed by atoms with Gasteiger partial charge in [-0.25, -0.2) is 13.4 Å². The molecule has 0 amide bonds. The van der Waals surface area contributed by atoms with Crippen LogP contribution in [0.3, 0.4) is 0 Å². The van der Waals surface area contributed by atoms with Gasteiger partial charge >= 0.3 is 0 Å². The third-order valence-electron chi connectivity index (χ3n) is 3.18. The molecule has 0 aliphatic carbocycles. The van der Waals surface area contributed by atoms with E-state index in [0.717, 1.165) is 10.2 Å². The molecule has 0 saturated heterocycles. The van der Waals surface area contributed by atoms with E-state index < -0.39 is 10.0 Å². The van der Waals surface area contributed by atoms with Crippen LogP contribution in [0.4, 0.5) is 5.13 Å². The average molecular weight is 350 g/mol. The van der Waals surface area contributed by atoms with Crippen molar-refractivity contribution in [2.24, 2.45) is 0 Å². The number of rotatable bonds is 5. The highest BCUT2D eigenvalue weighted by Crippen LogP contribution is 2.32. The van der Waals surface area contributed by atoms with Gasteiger partial charge in [-0.3, -0.25) is 4.72 Å². The minimum atomic E-state index is -3.84. The first kappa shape index (κ1) is 15.6. The summed E-state index contributed by atoms with van der Waals surface area (Å²) in [5.74, 6) is 0.662. The zero-order valence-electron chi connectivity index (χ0n) is 12.4. The highest BCUT2D eigenvalue weighted by molar-refractivity contribution is 7.93. The van der Waals surface area contributed by atoms with Gasteiger partial charge in [-0.05, 0) is 24.3 Å². The second kappa shape index (κ2) is 6.05. The van der Waals surface area contributed by atoms with Crippen LogP contribution in [-0.2, 0) is 10.0 Å². The van der Waals surface area contributed by atoms with Gasteiger partial charge in [-0.15, -0.1) is 0 Å². The normalized spacial score (nSPS) is 11.4. The number of nitrogens with zero attached hydrogens (tertiary/aromatic N) is 1. The lowest BCUT2D eigenvalue weighted by Crippen LogP contribution is -2.14. The molecule has 0 saturated carbocycles. The average Bonchev–Trinajstić information content (AvgIpc) is 2.95. The highest BCUT2D eigenvalue weighted by atomic mass is 32.2. The zero-order valence-corrected chi connectivity index (χ0v) is 14.1. The fraction of sp³-hybridized carbons (Fsp3) is 0.133. The van der Waals surface area contributed by atoms with E-state index in [-0.39, 0.29) is 10.6 Å². The van der Waals surface area contributed by atoms with Crippen LogP contribution in [0.15, 0.2) is 47.4 Å². The van der Waals surface area contributed by atoms with E-state index >= 15 is 0 Å². The number of aromatic nitrogens is 1. The first-order valence-electron chi connectivity index (χ1n) is 6.64. The van der Waals surface area contributed by atoms with Gasteiger partial charge in [0.1, 0.15) is 16.4 Å². The van der Waals surface area contributed by atoms with E-state index in [1.54, 1.807) is 12.1 Å². The van der Waals surface area contributed by atoms with E-state index in [1.165, 1.54) is 31.6 Å². The standard InChI is InChI=1S/C15H14N2O4S2/c1-20-10-7-8-12(21-2)14(9-10)23(18,19)17-15-16-11-5-3-4-6-13(11)22-15/h3-9H,1-2H3,(H,16,17). The fourth-order valence-electron chi connectivity index (χ4n) is 2.08. The summed E-state index contributed by atoms with van der Waals surface area (Å²) >= 11 is 1.27. The van der Waals surface area contributed by atoms with Crippen LogP contribution in [-0.4, -0.2) is 27.6 Å². The van der Waals surface area contributed by atoms with Gasteiger partial charge in [0.25, 0.3) is 10.0 Å². The van der Waals surface area contributed by atoms with Crippen LogP contribution < -0.4 is 14.2 Å². The molecule has 1 N–H and O–H groups in total. The minimum Gasteiger partial charge on any atom is -0.497 e. The Morgan fingerprint density at radius 2 is 1.87 bits per heavy atom. The zero-order chi connectivity index (χ0) is 16.4. The molecule has 2 aromatic carbocycles. The third-order valence-corrected chi connectivity index (χ3v) is 5.62. The van der Waals surface area contributed by atoms with E-state index in [4.69, 9.17) is 9.47 Å². The minimum absolute atomic E-state index is 0.00129. The number of fused-ring (bicyclic) bond motifs is 1. The molecule has 3 rings (SSSR count). The molecular weight excluding hydrogens is 336 g/mol.